The van der Waals surface area contributed by atoms with E-state index in [4.69, 9.17) is 9.47 Å². The van der Waals surface area contributed by atoms with E-state index in [1.807, 2.05) is 18.2 Å². The van der Waals surface area contributed by atoms with Gasteiger partial charge in [-0.25, -0.2) is 0 Å². The number of hydrogen-bond donors (Lipinski definition) is 2. The maximum atomic E-state index is 12.4. The summed E-state index contributed by atoms with van der Waals surface area (Å²) in [5.41, 5.74) is 3.57. The Balaban J connectivity index is 1.59. The molecular formula is C21H26N4O4. The van der Waals surface area contributed by atoms with Crippen LogP contribution in [0.25, 0.3) is 10.9 Å². The van der Waals surface area contributed by atoms with E-state index in [-0.39, 0.29) is 0 Å². The zero-order chi connectivity index (χ0) is 21.1. The molecule has 0 saturated heterocycles. The molecule has 0 aliphatic rings. The Labute approximate surface area is 169 Å². The highest BCUT2D eigenvalue weighted by atomic mass is 16.5. The Morgan fingerprint density at radius 1 is 1.17 bits per heavy atom. The van der Waals surface area contributed by atoms with Crippen molar-refractivity contribution in [2.24, 2.45) is 7.05 Å². The summed E-state index contributed by atoms with van der Waals surface area (Å²) in [5.74, 6) is 0.306. The summed E-state index contributed by atoms with van der Waals surface area (Å²) in [4.78, 5) is 28.0. The van der Waals surface area contributed by atoms with Crippen LogP contribution in [0.15, 0.2) is 18.2 Å². The number of carbonyl (C=O) groups excluding carboxylic acids is 2. The number of aryl methyl sites for hydroxylation is 3. The molecule has 0 fully saturated rings. The molecule has 3 aromatic rings. The molecule has 0 saturated carbocycles. The lowest BCUT2D eigenvalue weighted by Crippen LogP contribution is -2.32. The third-order valence-electron chi connectivity index (χ3n) is 5.04. The van der Waals surface area contributed by atoms with Gasteiger partial charge in [0.05, 0.1) is 31.0 Å². The molecule has 154 valence electrons. The van der Waals surface area contributed by atoms with Gasteiger partial charge in [-0.2, -0.15) is 5.10 Å². The first-order valence-electron chi connectivity index (χ1n) is 9.42. The van der Waals surface area contributed by atoms with Crippen molar-refractivity contribution < 1.29 is 19.1 Å². The van der Waals surface area contributed by atoms with E-state index in [1.54, 1.807) is 39.8 Å². The number of rotatable bonds is 8. The fraction of sp³-hybridized carbons (Fsp3) is 0.381. The van der Waals surface area contributed by atoms with Gasteiger partial charge in [0.25, 0.3) is 11.7 Å². The zero-order valence-corrected chi connectivity index (χ0v) is 17.4. The molecule has 0 atom stereocenters. The zero-order valence-electron chi connectivity index (χ0n) is 17.4. The quantitative estimate of drug-likeness (QED) is 0.345. The molecule has 8 heteroatoms. The SMILES string of the molecule is COc1cc(OC)c2cc(CCCNC(=O)C(=O)c3c(C)nn(C)c3C)[nH]c2c1. The van der Waals surface area contributed by atoms with E-state index in [1.165, 1.54) is 0 Å². The van der Waals surface area contributed by atoms with Crippen LogP contribution in [0.3, 0.4) is 0 Å². The van der Waals surface area contributed by atoms with Crippen molar-refractivity contribution in [1.82, 2.24) is 20.1 Å². The van der Waals surface area contributed by atoms with E-state index in [0.29, 0.717) is 29.9 Å². The fourth-order valence-electron chi connectivity index (χ4n) is 3.44. The Bertz CT molecular complexity index is 1060. The van der Waals surface area contributed by atoms with Crippen LogP contribution in [-0.4, -0.2) is 47.2 Å². The maximum absolute atomic E-state index is 12.4. The summed E-state index contributed by atoms with van der Waals surface area (Å²) in [7, 11) is 4.99. The number of aromatic nitrogens is 3. The Morgan fingerprint density at radius 3 is 2.55 bits per heavy atom. The number of aromatic amines is 1. The van der Waals surface area contributed by atoms with Crippen molar-refractivity contribution in [2.75, 3.05) is 20.8 Å². The van der Waals surface area contributed by atoms with Crippen LogP contribution in [0, 0.1) is 13.8 Å². The number of nitrogens with one attached hydrogen (secondary N) is 2. The number of H-pyrrole nitrogens is 1. The van der Waals surface area contributed by atoms with Gasteiger partial charge >= 0.3 is 0 Å². The minimum absolute atomic E-state index is 0.377. The molecule has 0 bridgehead atoms. The molecule has 3 rings (SSSR count). The van der Waals surface area contributed by atoms with Crippen LogP contribution in [0.4, 0.5) is 0 Å². The molecular weight excluding hydrogens is 372 g/mol. The second-order valence-corrected chi connectivity index (χ2v) is 6.94. The van der Waals surface area contributed by atoms with Gasteiger partial charge in [0.15, 0.2) is 0 Å². The predicted molar refractivity (Wildman–Crippen MR) is 110 cm³/mol. The molecule has 29 heavy (non-hydrogen) atoms. The monoisotopic (exact) mass is 398 g/mol. The van der Waals surface area contributed by atoms with E-state index < -0.39 is 11.7 Å². The maximum Gasteiger partial charge on any atom is 0.292 e. The number of nitrogens with zero attached hydrogens (tertiary/aromatic N) is 2. The lowest BCUT2D eigenvalue weighted by Gasteiger charge is -2.05. The summed E-state index contributed by atoms with van der Waals surface area (Å²) in [5, 5.41) is 7.87. The first kappa shape index (κ1) is 20.4. The van der Waals surface area contributed by atoms with Crippen molar-refractivity contribution in [3.63, 3.8) is 0 Å². The molecule has 1 aromatic carbocycles. The molecule has 0 unspecified atom stereocenters. The summed E-state index contributed by atoms with van der Waals surface area (Å²) < 4.78 is 12.3. The standard InChI is InChI=1S/C21H26N4O4/c1-12-19(13(2)25(3)24-12)20(26)21(27)22-8-6-7-14-9-16-17(23-14)10-15(28-4)11-18(16)29-5/h9-11,23H,6-8H2,1-5H3,(H,22,27). The Hall–Kier alpha value is -3.29. The van der Waals surface area contributed by atoms with E-state index in [0.717, 1.165) is 34.5 Å². The number of ketones is 1. The van der Waals surface area contributed by atoms with Gasteiger partial charge in [-0.15, -0.1) is 0 Å². The molecule has 2 N–H and O–H groups in total. The lowest BCUT2D eigenvalue weighted by molar-refractivity contribution is -0.117. The van der Waals surface area contributed by atoms with Crippen LogP contribution < -0.4 is 14.8 Å². The van der Waals surface area contributed by atoms with Gasteiger partial charge in [0.1, 0.15) is 11.5 Å². The van der Waals surface area contributed by atoms with Gasteiger partial charge in [0, 0.05) is 42.5 Å². The number of benzene rings is 1. The van der Waals surface area contributed by atoms with Crippen LogP contribution >= 0.6 is 0 Å². The minimum atomic E-state index is -0.604. The summed E-state index contributed by atoms with van der Waals surface area (Å²) in [6.45, 7) is 3.91. The van der Waals surface area contributed by atoms with E-state index in [2.05, 4.69) is 15.4 Å². The van der Waals surface area contributed by atoms with Crippen molar-refractivity contribution in [1.29, 1.82) is 0 Å². The molecule has 0 radical (unpaired) electrons. The molecule has 2 aromatic heterocycles. The molecule has 8 nitrogen and oxygen atoms in total. The third-order valence-corrected chi connectivity index (χ3v) is 5.04. The predicted octanol–water partition coefficient (Wildman–Crippen LogP) is 2.47. The second-order valence-electron chi connectivity index (χ2n) is 6.94. The number of methoxy groups -OCH3 is 2. The topological polar surface area (TPSA) is 98.2 Å². The minimum Gasteiger partial charge on any atom is -0.497 e. The Morgan fingerprint density at radius 2 is 1.93 bits per heavy atom. The van der Waals surface area contributed by atoms with Gasteiger partial charge in [-0.05, 0) is 32.8 Å². The van der Waals surface area contributed by atoms with Crippen LogP contribution in [0.1, 0.15) is 33.9 Å². The molecule has 0 aliphatic heterocycles. The highest BCUT2D eigenvalue weighted by Crippen LogP contribution is 2.31. The average molecular weight is 398 g/mol. The highest BCUT2D eigenvalue weighted by molar-refractivity contribution is 6.43. The first-order chi connectivity index (χ1) is 13.8. The number of hydrogen-bond acceptors (Lipinski definition) is 5. The lowest BCUT2D eigenvalue weighted by atomic mass is 10.1. The average Bonchev–Trinajstić information content (AvgIpc) is 3.23. The molecule has 0 spiro atoms. The highest BCUT2D eigenvalue weighted by Gasteiger charge is 2.23. The third kappa shape index (κ3) is 4.11. The normalized spacial score (nSPS) is 10.9. The summed E-state index contributed by atoms with van der Waals surface area (Å²) >= 11 is 0. The van der Waals surface area contributed by atoms with Gasteiger partial charge < -0.3 is 19.8 Å². The second kappa shape index (κ2) is 8.38. The van der Waals surface area contributed by atoms with E-state index in [9.17, 15) is 9.59 Å². The smallest absolute Gasteiger partial charge is 0.292 e. The van der Waals surface area contributed by atoms with Gasteiger partial charge in [-0.1, -0.05) is 0 Å². The molecule has 2 heterocycles. The van der Waals surface area contributed by atoms with Crippen molar-refractivity contribution >= 4 is 22.6 Å². The van der Waals surface area contributed by atoms with Gasteiger partial charge in [0.2, 0.25) is 0 Å². The first-order valence-corrected chi connectivity index (χ1v) is 9.42. The number of fused-ring (bicyclic) bond motifs is 1. The van der Waals surface area contributed by atoms with Crippen LogP contribution in [-0.2, 0) is 18.3 Å². The van der Waals surface area contributed by atoms with Crippen molar-refractivity contribution in [2.45, 2.75) is 26.7 Å². The van der Waals surface area contributed by atoms with Crippen LogP contribution in [0.5, 0.6) is 11.5 Å². The van der Waals surface area contributed by atoms with Crippen LogP contribution in [0.2, 0.25) is 0 Å². The number of carbonyl (C=O) groups is 2. The van der Waals surface area contributed by atoms with E-state index >= 15 is 0 Å². The van der Waals surface area contributed by atoms with Gasteiger partial charge in [-0.3, -0.25) is 14.3 Å². The largest absolute Gasteiger partial charge is 0.497 e. The summed E-state index contributed by atoms with van der Waals surface area (Å²) in [6, 6.07) is 5.79. The number of amides is 1. The number of ether oxygens (including phenoxy) is 2. The van der Waals surface area contributed by atoms with Crippen molar-refractivity contribution in [3.8, 4) is 11.5 Å². The fourth-order valence-corrected chi connectivity index (χ4v) is 3.44. The summed E-state index contributed by atoms with van der Waals surface area (Å²) in [6.07, 6.45) is 1.41. The van der Waals surface area contributed by atoms with Crippen molar-refractivity contribution in [3.05, 3.63) is 40.8 Å². The molecule has 1 amide bonds. The number of Topliss-reactive ketones (excluding diaryl/α,β-unsaturated/α-hetero) is 1. The Kier molecular flexibility index (Phi) is 5.91. The molecule has 0 aliphatic carbocycles.